The summed E-state index contributed by atoms with van der Waals surface area (Å²) in [6, 6.07) is -0.371. The number of likely N-dealkylation sites (N-methyl/N-ethyl adjacent to an activating group) is 1. The largest absolute Gasteiger partial charge is 0.458 e. The molecule has 6 heteroatoms. The van der Waals surface area contributed by atoms with Gasteiger partial charge in [-0.2, -0.15) is 0 Å². The summed E-state index contributed by atoms with van der Waals surface area (Å²) in [5.41, 5.74) is 7.83. The van der Waals surface area contributed by atoms with Gasteiger partial charge in [-0.05, 0) is 19.5 Å². The SMILES string of the molecule is CNC(C)C(=O)OCN=[N+]=[N-]. The van der Waals surface area contributed by atoms with E-state index >= 15 is 0 Å². The van der Waals surface area contributed by atoms with Gasteiger partial charge in [0, 0.05) is 4.91 Å². The molecule has 1 unspecified atom stereocenters. The van der Waals surface area contributed by atoms with Crippen molar-refractivity contribution in [3.8, 4) is 0 Å². The highest BCUT2D eigenvalue weighted by molar-refractivity contribution is 5.75. The Hall–Kier alpha value is -1.26. The molecule has 0 aliphatic carbocycles. The summed E-state index contributed by atoms with van der Waals surface area (Å²) in [7, 11) is 1.64. The van der Waals surface area contributed by atoms with E-state index in [1.165, 1.54) is 0 Å². The first-order valence-corrected chi connectivity index (χ1v) is 3.07. The Kier molecular flexibility index (Phi) is 4.89. The minimum atomic E-state index is -0.431. The number of esters is 1. The van der Waals surface area contributed by atoms with Crippen molar-refractivity contribution in [3.05, 3.63) is 10.4 Å². The zero-order chi connectivity index (χ0) is 8.69. The Morgan fingerprint density at radius 2 is 2.55 bits per heavy atom. The van der Waals surface area contributed by atoms with Gasteiger partial charge < -0.3 is 10.1 Å². The minimum Gasteiger partial charge on any atom is -0.458 e. The number of rotatable bonds is 4. The summed E-state index contributed by atoms with van der Waals surface area (Å²) in [5.74, 6) is -0.431. The standard InChI is InChI=1S/C5H10N4O2/c1-4(7-2)5(10)11-3-8-9-6/h4,7H,3H2,1-2H3. The van der Waals surface area contributed by atoms with E-state index in [0.717, 1.165) is 0 Å². The highest BCUT2D eigenvalue weighted by atomic mass is 16.5. The average molecular weight is 158 g/mol. The minimum absolute atomic E-state index is 0.249. The summed E-state index contributed by atoms with van der Waals surface area (Å²) in [5, 5.41) is 5.72. The molecule has 11 heavy (non-hydrogen) atoms. The Morgan fingerprint density at radius 3 is 3.00 bits per heavy atom. The van der Waals surface area contributed by atoms with Gasteiger partial charge in [-0.1, -0.05) is 5.11 Å². The van der Waals surface area contributed by atoms with Gasteiger partial charge in [-0.25, -0.2) is 0 Å². The fourth-order valence-corrected chi connectivity index (χ4v) is 0.361. The monoisotopic (exact) mass is 158 g/mol. The van der Waals surface area contributed by atoms with Crippen LogP contribution in [0.25, 0.3) is 10.4 Å². The van der Waals surface area contributed by atoms with Gasteiger partial charge in [-0.15, -0.1) is 0 Å². The van der Waals surface area contributed by atoms with Gasteiger partial charge in [0.05, 0.1) is 0 Å². The molecular weight excluding hydrogens is 148 g/mol. The summed E-state index contributed by atoms with van der Waals surface area (Å²) in [6.07, 6.45) is 0. The maximum Gasteiger partial charge on any atom is 0.322 e. The van der Waals surface area contributed by atoms with E-state index in [2.05, 4.69) is 20.1 Å². The lowest BCUT2D eigenvalue weighted by Crippen LogP contribution is -2.32. The third-order valence-electron chi connectivity index (χ3n) is 1.11. The molecule has 6 nitrogen and oxygen atoms in total. The summed E-state index contributed by atoms with van der Waals surface area (Å²) in [4.78, 5) is 13.2. The molecule has 0 aromatic heterocycles. The van der Waals surface area contributed by atoms with E-state index in [4.69, 9.17) is 5.53 Å². The zero-order valence-corrected chi connectivity index (χ0v) is 6.44. The predicted molar refractivity (Wildman–Crippen MR) is 38.6 cm³/mol. The molecule has 0 aliphatic rings. The van der Waals surface area contributed by atoms with Gasteiger partial charge in [0.1, 0.15) is 6.04 Å². The molecule has 0 heterocycles. The number of azide groups is 1. The van der Waals surface area contributed by atoms with Crippen molar-refractivity contribution in [1.82, 2.24) is 5.32 Å². The summed E-state index contributed by atoms with van der Waals surface area (Å²) in [6.45, 7) is 1.40. The van der Waals surface area contributed by atoms with Crippen LogP contribution in [0.5, 0.6) is 0 Å². The quantitative estimate of drug-likeness (QED) is 0.278. The van der Waals surface area contributed by atoms with Crippen molar-refractivity contribution in [3.63, 3.8) is 0 Å². The van der Waals surface area contributed by atoms with E-state index in [-0.39, 0.29) is 12.8 Å². The third kappa shape index (κ3) is 4.19. The molecule has 0 radical (unpaired) electrons. The van der Waals surface area contributed by atoms with Crippen LogP contribution in [0.3, 0.4) is 0 Å². The highest BCUT2D eigenvalue weighted by Gasteiger charge is 2.09. The summed E-state index contributed by atoms with van der Waals surface area (Å²) >= 11 is 0. The fraction of sp³-hybridized carbons (Fsp3) is 0.800. The first-order chi connectivity index (χ1) is 5.22. The predicted octanol–water partition coefficient (Wildman–Crippen LogP) is 0.405. The number of hydrogen-bond acceptors (Lipinski definition) is 4. The van der Waals surface area contributed by atoms with Crippen molar-refractivity contribution in [1.29, 1.82) is 0 Å². The zero-order valence-electron chi connectivity index (χ0n) is 6.44. The first kappa shape index (κ1) is 9.74. The van der Waals surface area contributed by atoms with Crippen LogP contribution in [0.2, 0.25) is 0 Å². The topological polar surface area (TPSA) is 87.1 Å². The maximum atomic E-state index is 10.8. The fourth-order valence-electron chi connectivity index (χ4n) is 0.361. The van der Waals surface area contributed by atoms with E-state index in [0.29, 0.717) is 0 Å². The van der Waals surface area contributed by atoms with Crippen molar-refractivity contribution in [2.75, 3.05) is 13.8 Å². The van der Waals surface area contributed by atoms with E-state index < -0.39 is 5.97 Å². The lowest BCUT2D eigenvalue weighted by atomic mass is 10.4. The van der Waals surface area contributed by atoms with Gasteiger partial charge >= 0.3 is 5.97 Å². The third-order valence-corrected chi connectivity index (χ3v) is 1.11. The first-order valence-electron chi connectivity index (χ1n) is 3.07. The van der Waals surface area contributed by atoms with Crippen LogP contribution >= 0.6 is 0 Å². The van der Waals surface area contributed by atoms with Crippen molar-refractivity contribution < 1.29 is 9.53 Å². The molecule has 0 aromatic carbocycles. The molecule has 0 aliphatic heterocycles. The number of nitrogens with zero attached hydrogens (tertiary/aromatic N) is 3. The molecule has 0 fully saturated rings. The molecule has 0 saturated carbocycles. The molecule has 62 valence electrons. The number of hydrogen-bond donors (Lipinski definition) is 1. The van der Waals surface area contributed by atoms with E-state index in [1.807, 2.05) is 0 Å². The molecule has 0 bridgehead atoms. The van der Waals surface area contributed by atoms with Gasteiger partial charge in [0.25, 0.3) is 0 Å². The number of carbonyl (C=O) groups is 1. The molecule has 1 N–H and O–H groups in total. The Labute approximate surface area is 64.2 Å². The molecule has 0 saturated heterocycles. The van der Waals surface area contributed by atoms with Gasteiger partial charge in [0.2, 0.25) is 0 Å². The van der Waals surface area contributed by atoms with E-state index in [1.54, 1.807) is 14.0 Å². The molecule has 0 aromatic rings. The Morgan fingerprint density at radius 1 is 1.91 bits per heavy atom. The highest BCUT2D eigenvalue weighted by Crippen LogP contribution is 1.86. The maximum absolute atomic E-state index is 10.8. The lowest BCUT2D eigenvalue weighted by molar-refractivity contribution is -0.145. The van der Waals surface area contributed by atoms with Crippen LogP contribution in [-0.2, 0) is 9.53 Å². The molecule has 0 spiro atoms. The van der Waals surface area contributed by atoms with Crippen LogP contribution < -0.4 is 5.32 Å². The molecular formula is C5H10N4O2. The van der Waals surface area contributed by atoms with Crippen molar-refractivity contribution in [2.45, 2.75) is 13.0 Å². The normalized spacial score (nSPS) is 11.5. The Balaban J connectivity index is 3.60. The van der Waals surface area contributed by atoms with Crippen molar-refractivity contribution in [2.24, 2.45) is 5.11 Å². The second-order valence-corrected chi connectivity index (χ2v) is 1.83. The van der Waals surface area contributed by atoms with Crippen LogP contribution in [0.1, 0.15) is 6.92 Å². The van der Waals surface area contributed by atoms with Crippen LogP contribution in [0.4, 0.5) is 0 Å². The molecule has 0 rings (SSSR count). The van der Waals surface area contributed by atoms with Gasteiger partial charge in [-0.3, -0.25) is 4.79 Å². The van der Waals surface area contributed by atoms with Crippen molar-refractivity contribution >= 4 is 5.97 Å². The van der Waals surface area contributed by atoms with Gasteiger partial charge in [0.15, 0.2) is 6.73 Å². The molecule has 0 amide bonds. The average Bonchev–Trinajstić information content (AvgIpc) is 2.03. The Bertz CT molecular complexity index is 175. The van der Waals surface area contributed by atoms with Crippen LogP contribution in [-0.4, -0.2) is 25.8 Å². The molecule has 1 atom stereocenters. The number of nitrogens with one attached hydrogen (secondary N) is 1. The number of carbonyl (C=O) groups excluding carboxylic acids is 1. The second kappa shape index (κ2) is 5.52. The van der Waals surface area contributed by atoms with Crippen LogP contribution in [0.15, 0.2) is 5.11 Å². The summed E-state index contributed by atoms with van der Waals surface area (Å²) < 4.78 is 4.51. The van der Waals surface area contributed by atoms with E-state index in [9.17, 15) is 4.79 Å². The number of ether oxygens (including phenoxy) is 1. The van der Waals surface area contributed by atoms with Crippen LogP contribution in [0, 0.1) is 0 Å². The smallest absolute Gasteiger partial charge is 0.322 e. The lowest BCUT2D eigenvalue weighted by Gasteiger charge is -2.07. The second-order valence-electron chi connectivity index (χ2n) is 1.83.